The van der Waals surface area contributed by atoms with Gasteiger partial charge < -0.3 is 4.90 Å². The highest BCUT2D eigenvalue weighted by Crippen LogP contribution is 2.30. The molecule has 0 aromatic heterocycles. The quantitative estimate of drug-likeness (QED) is 0.500. The van der Waals surface area contributed by atoms with Crippen LogP contribution in [-0.2, 0) is 0 Å². The van der Waals surface area contributed by atoms with Gasteiger partial charge in [-0.2, -0.15) is 0 Å². The van der Waals surface area contributed by atoms with Crippen molar-refractivity contribution in [1.29, 1.82) is 0 Å². The minimum Gasteiger partial charge on any atom is -0.300 e. The van der Waals surface area contributed by atoms with E-state index in [4.69, 9.17) is 0 Å². The molecule has 1 saturated heterocycles. The largest absolute Gasteiger partial charge is 0.300 e. The number of nitrogens with zero attached hydrogens (tertiary/aromatic N) is 2. The van der Waals surface area contributed by atoms with Crippen LogP contribution in [0.2, 0.25) is 0 Å². The third-order valence-corrected chi connectivity index (χ3v) is 6.10. The minimum absolute atomic E-state index is 0.106. The second kappa shape index (κ2) is 9.99. The predicted octanol–water partition coefficient (Wildman–Crippen LogP) is 5.11. The average molecular weight is 417 g/mol. The molecule has 1 heterocycles. The molecule has 0 saturated carbocycles. The molecule has 0 bridgehead atoms. The second-order valence-corrected chi connectivity index (χ2v) is 8.28. The van der Waals surface area contributed by atoms with Crippen molar-refractivity contribution in [2.45, 2.75) is 19.4 Å². The van der Waals surface area contributed by atoms with Crippen molar-refractivity contribution in [2.24, 2.45) is 0 Å². The third-order valence-electron chi connectivity index (χ3n) is 6.10. The van der Waals surface area contributed by atoms with Crippen LogP contribution < -0.4 is 0 Å². The summed E-state index contributed by atoms with van der Waals surface area (Å²) in [6, 6.07) is 25.1. The van der Waals surface area contributed by atoms with Crippen LogP contribution in [0.15, 0.2) is 78.9 Å². The lowest BCUT2D eigenvalue weighted by Crippen LogP contribution is -2.48. The number of benzene rings is 3. The maximum absolute atomic E-state index is 13.5. The van der Waals surface area contributed by atoms with Crippen LogP contribution in [-0.4, -0.2) is 48.3 Å². The fourth-order valence-electron chi connectivity index (χ4n) is 4.28. The van der Waals surface area contributed by atoms with Gasteiger partial charge in [-0.3, -0.25) is 9.69 Å². The van der Waals surface area contributed by atoms with Crippen molar-refractivity contribution >= 4 is 5.78 Å². The van der Waals surface area contributed by atoms with Crippen LogP contribution in [0.1, 0.15) is 39.5 Å². The number of halogens is 1. The van der Waals surface area contributed by atoms with Crippen molar-refractivity contribution < 1.29 is 9.18 Å². The summed E-state index contributed by atoms with van der Waals surface area (Å²) in [5.41, 5.74) is 4.36. The van der Waals surface area contributed by atoms with E-state index in [-0.39, 0.29) is 17.6 Å². The monoisotopic (exact) mass is 416 g/mol. The average Bonchev–Trinajstić information content (AvgIpc) is 2.81. The first kappa shape index (κ1) is 21.4. The summed E-state index contributed by atoms with van der Waals surface area (Å²) in [7, 11) is 0. The number of rotatable bonds is 7. The molecule has 3 nitrogen and oxygen atoms in total. The van der Waals surface area contributed by atoms with Crippen molar-refractivity contribution in [3.05, 3.63) is 107 Å². The van der Waals surface area contributed by atoms with Crippen LogP contribution in [0.3, 0.4) is 0 Å². The Morgan fingerprint density at radius 1 is 0.839 bits per heavy atom. The lowest BCUT2D eigenvalue weighted by molar-refractivity contribution is 0.0893. The van der Waals surface area contributed by atoms with E-state index in [9.17, 15) is 9.18 Å². The fourth-order valence-corrected chi connectivity index (χ4v) is 4.28. The van der Waals surface area contributed by atoms with Crippen LogP contribution in [0.4, 0.5) is 4.39 Å². The lowest BCUT2D eigenvalue weighted by Gasteiger charge is -2.39. The zero-order chi connectivity index (χ0) is 21.6. The van der Waals surface area contributed by atoms with Crippen LogP contribution in [0, 0.1) is 12.7 Å². The molecule has 3 aromatic carbocycles. The Kier molecular flexibility index (Phi) is 6.90. The molecule has 1 aliphatic rings. The van der Waals surface area contributed by atoms with E-state index < -0.39 is 0 Å². The summed E-state index contributed by atoms with van der Waals surface area (Å²) in [5, 5.41) is 0. The van der Waals surface area contributed by atoms with E-state index >= 15 is 0 Å². The highest BCUT2D eigenvalue weighted by atomic mass is 19.1. The van der Waals surface area contributed by atoms with Gasteiger partial charge in [-0.25, -0.2) is 4.39 Å². The molecule has 0 N–H and O–H groups in total. The van der Waals surface area contributed by atoms with Crippen LogP contribution in [0.25, 0.3) is 0 Å². The van der Waals surface area contributed by atoms with Gasteiger partial charge in [0.05, 0.1) is 6.04 Å². The Hall–Kier alpha value is -2.82. The van der Waals surface area contributed by atoms with Gasteiger partial charge in [0.15, 0.2) is 5.78 Å². The summed E-state index contributed by atoms with van der Waals surface area (Å²) in [6.07, 6.45) is 0.545. The lowest BCUT2D eigenvalue weighted by atomic mass is 9.95. The first-order valence-corrected chi connectivity index (χ1v) is 11.0. The summed E-state index contributed by atoms with van der Waals surface area (Å²) in [6.45, 7) is 6.54. The number of ketones is 1. The van der Waals surface area contributed by atoms with Crippen molar-refractivity contribution in [1.82, 2.24) is 9.80 Å². The second-order valence-electron chi connectivity index (χ2n) is 8.28. The van der Waals surface area contributed by atoms with E-state index in [2.05, 4.69) is 41.0 Å². The molecular formula is C27H29FN2O. The minimum atomic E-state index is -0.209. The molecule has 160 valence electrons. The summed E-state index contributed by atoms with van der Waals surface area (Å²) in [5.74, 6) is -0.00816. The molecule has 1 unspecified atom stereocenters. The van der Waals surface area contributed by atoms with Crippen LogP contribution in [0.5, 0.6) is 0 Å². The maximum Gasteiger partial charge on any atom is 0.164 e. The molecule has 0 aliphatic carbocycles. The normalized spacial score (nSPS) is 16.2. The molecule has 0 amide bonds. The molecule has 3 aromatic rings. The van der Waals surface area contributed by atoms with Crippen molar-refractivity contribution in [3.8, 4) is 0 Å². The van der Waals surface area contributed by atoms with Gasteiger partial charge in [-0.05, 0) is 30.2 Å². The number of aryl methyl sites for hydroxylation is 1. The highest BCUT2D eigenvalue weighted by Gasteiger charge is 2.26. The fraction of sp³-hybridized carbons (Fsp3) is 0.296. The molecule has 1 aliphatic heterocycles. The predicted molar refractivity (Wildman–Crippen MR) is 123 cm³/mol. The molecule has 1 atom stereocenters. The van der Waals surface area contributed by atoms with Gasteiger partial charge in [0, 0.05) is 44.7 Å². The Morgan fingerprint density at radius 3 is 2.03 bits per heavy atom. The van der Waals surface area contributed by atoms with E-state index in [1.165, 1.54) is 11.1 Å². The molecule has 31 heavy (non-hydrogen) atoms. The summed E-state index contributed by atoms with van der Waals surface area (Å²) >= 11 is 0. The van der Waals surface area contributed by atoms with Crippen molar-refractivity contribution in [2.75, 3.05) is 32.7 Å². The Balaban J connectivity index is 1.41. The molecule has 0 radical (unpaired) electrons. The van der Waals surface area contributed by atoms with Crippen LogP contribution >= 0.6 is 0 Å². The SMILES string of the molecule is Cc1ccc(C(c2ccc(F)cc2)N2CCN(CCC(=O)c3ccccc3)CC2)cc1. The van der Waals surface area contributed by atoms with Crippen molar-refractivity contribution in [3.63, 3.8) is 0 Å². The zero-order valence-corrected chi connectivity index (χ0v) is 18.0. The van der Waals surface area contributed by atoms with Gasteiger partial charge in [0.1, 0.15) is 5.82 Å². The Morgan fingerprint density at radius 2 is 1.42 bits per heavy atom. The standard InChI is InChI=1S/C27H29FN2O/c1-21-7-9-23(10-8-21)27(24-11-13-25(28)14-12-24)30-19-17-29(18-20-30)16-15-26(31)22-5-3-2-4-6-22/h2-14,27H,15-20H2,1H3. The first-order chi connectivity index (χ1) is 15.1. The molecular weight excluding hydrogens is 387 g/mol. The van der Waals surface area contributed by atoms with E-state index in [1.807, 2.05) is 42.5 Å². The number of hydrogen-bond acceptors (Lipinski definition) is 3. The molecule has 0 spiro atoms. The molecule has 1 fully saturated rings. The molecule has 4 heteroatoms. The number of carbonyl (C=O) groups is 1. The number of piperazine rings is 1. The Bertz CT molecular complexity index is 933. The molecule has 4 rings (SSSR count). The highest BCUT2D eigenvalue weighted by molar-refractivity contribution is 5.96. The number of hydrogen-bond donors (Lipinski definition) is 0. The smallest absolute Gasteiger partial charge is 0.164 e. The van der Waals surface area contributed by atoms with Gasteiger partial charge >= 0.3 is 0 Å². The summed E-state index contributed by atoms with van der Waals surface area (Å²) < 4.78 is 13.5. The van der Waals surface area contributed by atoms with E-state index in [1.54, 1.807) is 12.1 Å². The van der Waals surface area contributed by atoms with E-state index in [0.717, 1.165) is 43.9 Å². The van der Waals surface area contributed by atoms with Gasteiger partial charge in [-0.1, -0.05) is 72.3 Å². The topological polar surface area (TPSA) is 23.6 Å². The third kappa shape index (κ3) is 5.46. The van der Waals surface area contributed by atoms with E-state index in [0.29, 0.717) is 6.42 Å². The number of Topliss-reactive ketones (excluding diaryl/α,β-unsaturated/α-hetero) is 1. The Labute approximate surface area is 184 Å². The summed E-state index contributed by atoms with van der Waals surface area (Å²) in [4.78, 5) is 17.3. The van der Waals surface area contributed by atoms with Gasteiger partial charge in [0.25, 0.3) is 0 Å². The zero-order valence-electron chi connectivity index (χ0n) is 18.0. The van der Waals surface area contributed by atoms with Gasteiger partial charge in [0.2, 0.25) is 0 Å². The van der Waals surface area contributed by atoms with Gasteiger partial charge in [-0.15, -0.1) is 0 Å². The first-order valence-electron chi connectivity index (χ1n) is 11.0. The maximum atomic E-state index is 13.5. The number of carbonyl (C=O) groups excluding carboxylic acids is 1.